The third-order valence-corrected chi connectivity index (χ3v) is 8.44. The van der Waals surface area contributed by atoms with Gasteiger partial charge in [0.2, 0.25) is 5.91 Å². The molecule has 1 aromatic carbocycles. The van der Waals surface area contributed by atoms with E-state index in [1.165, 1.54) is 0 Å². The molecule has 0 aromatic heterocycles. The van der Waals surface area contributed by atoms with Crippen molar-refractivity contribution in [3.05, 3.63) is 29.8 Å². The largest absolute Gasteiger partial charge is 0.493 e. The van der Waals surface area contributed by atoms with Gasteiger partial charge < -0.3 is 36.1 Å². The third kappa shape index (κ3) is 10.7. The number of aliphatic hydroxyl groups is 2. The average Bonchev–Trinajstić information content (AvgIpc) is 2.93. The van der Waals surface area contributed by atoms with Crippen LogP contribution in [-0.4, -0.2) is 73.7 Å². The molecule has 1 aliphatic rings. The van der Waals surface area contributed by atoms with Gasteiger partial charge in [-0.05, 0) is 74.8 Å². The number of hydrogen-bond donors (Lipinski definition) is 5. The van der Waals surface area contributed by atoms with E-state index in [1.54, 1.807) is 19.2 Å². The predicted octanol–water partition coefficient (Wildman–Crippen LogP) is 3.27. The van der Waals surface area contributed by atoms with Crippen LogP contribution in [0, 0.1) is 23.2 Å². The third-order valence-electron chi connectivity index (χ3n) is 8.44. The van der Waals surface area contributed by atoms with Crippen molar-refractivity contribution in [3.63, 3.8) is 0 Å². The van der Waals surface area contributed by atoms with Gasteiger partial charge in [0.15, 0.2) is 0 Å². The Hall–Kier alpha value is -2.20. The first-order valence-electron chi connectivity index (χ1n) is 14.9. The van der Waals surface area contributed by atoms with Crippen LogP contribution in [0.2, 0.25) is 0 Å². The number of aliphatic hydroxyl groups excluding tert-OH is 2. The molecule has 1 fully saturated rings. The number of amides is 2. The van der Waals surface area contributed by atoms with Crippen molar-refractivity contribution in [2.24, 2.45) is 28.9 Å². The molecule has 1 aromatic rings. The van der Waals surface area contributed by atoms with E-state index in [2.05, 4.69) is 24.5 Å². The predicted molar refractivity (Wildman–Crippen MR) is 157 cm³/mol. The minimum Gasteiger partial charge on any atom is -0.493 e. The molecule has 6 N–H and O–H groups in total. The second kappa shape index (κ2) is 16.9. The summed E-state index contributed by atoms with van der Waals surface area (Å²) in [7, 11) is 1.67. The summed E-state index contributed by atoms with van der Waals surface area (Å²) < 4.78 is 10.9. The molecule has 0 aliphatic heterocycles. The van der Waals surface area contributed by atoms with Crippen molar-refractivity contribution in [1.82, 2.24) is 10.6 Å². The minimum atomic E-state index is -0.905. The first kappa shape index (κ1) is 34.0. The van der Waals surface area contributed by atoms with E-state index in [-0.39, 0.29) is 42.2 Å². The Bertz CT molecular complexity index is 901. The molecule has 0 unspecified atom stereocenters. The first-order valence-corrected chi connectivity index (χ1v) is 14.9. The lowest BCUT2D eigenvalue weighted by molar-refractivity contribution is -0.134. The molecule has 1 aliphatic carbocycles. The topological polar surface area (TPSA) is 143 Å². The fourth-order valence-corrected chi connectivity index (χ4v) is 5.29. The first-order chi connectivity index (χ1) is 19.0. The van der Waals surface area contributed by atoms with Crippen molar-refractivity contribution in [3.8, 4) is 5.75 Å². The van der Waals surface area contributed by atoms with Crippen LogP contribution in [0.3, 0.4) is 0 Å². The number of rotatable bonds is 17. The van der Waals surface area contributed by atoms with Gasteiger partial charge in [0.05, 0.1) is 24.4 Å². The number of nitrogens with one attached hydrogen (secondary N) is 2. The van der Waals surface area contributed by atoms with Gasteiger partial charge in [-0.15, -0.1) is 0 Å². The molecule has 2 rings (SSSR count). The number of nitrogens with two attached hydrogens (primary N) is 1. The molecule has 40 heavy (non-hydrogen) atoms. The lowest BCUT2D eigenvalue weighted by atomic mass is 9.70. The van der Waals surface area contributed by atoms with Crippen LogP contribution in [-0.2, 0) is 9.53 Å². The van der Waals surface area contributed by atoms with Crippen molar-refractivity contribution in [1.29, 1.82) is 0 Å². The SMILES string of the molecule is COCCCCOc1ccccc1C(=O)NC[C@@H](C[C@H](N)[C@@H](O)CNC(=O)C(C)(C)[C@H]1CC[C@@H](O)CC1)C(C)C. The summed E-state index contributed by atoms with van der Waals surface area (Å²) in [6.45, 7) is 9.66. The van der Waals surface area contributed by atoms with E-state index in [0.29, 0.717) is 37.5 Å². The van der Waals surface area contributed by atoms with E-state index >= 15 is 0 Å². The number of para-hydroxylation sites is 1. The number of benzene rings is 1. The van der Waals surface area contributed by atoms with Crippen LogP contribution < -0.4 is 21.1 Å². The van der Waals surface area contributed by atoms with Crippen LogP contribution in [0.4, 0.5) is 0 Å². The van der Waals surface area contributed by atoms with Gasteiger partial charge in [0, 0.05) is 38.3 Å². The summed E-state index contributed by atoms with van der Waals surface area (Å²) in [6, 6.07) is 6.65. The molecule has 9 nitrogen and oxygen atoms in total. The summed E-state index contributed by atoms with van der Waals surface area (Å²) in [6.07, 6.45) is 4.11. The van der Waals surface area contributed by atoms with Crippen molar-refractivity contribution < 1.29 is 29.3 Å². The zero-order chi connectivity index (χ0) is 29.7. The van der Waals surface area contributed by atoms with Gasteiger partial charge in [-0.25, -0.2) is 0 Å². The van der Waals surface area contributed by atoms with Crippen LogP contribution in [0.15, 0.2) is 24.3 Å². The summed E-state index contributed by atoms with van der Waals surface area (Å²) in [5.74, 6) is 0.692. The standard InChI is InChI=1S/C31H53N3O6/c1-21(2)22(19-33-29(37)25-10-6-7-11-28(25)40-17-9-8-16-39-5)18-26(32)27(36)20-34-30(38)31(3,4)23-12-14-24(35)15-13-23/h6-7,10-11,21-24,26-27,35-36H,8-9,12-20,32H2,1-5H3,(H,33,37)(H,34,38)/t22-,23-,24+,26+,27+/m1/s1. The fraction of sp³-hybridized carbons (Fsp3) is 0.742. The highest BCUT2D eigenvalue weighted by molar-refractivity contribution is 5.96. The van der Waals surface area contributed by atoms with E-state index in [0.717, 1.165) is 38.5 Å². The molecular formula is C31H53N3O6. The maximum absolute atomic E-state index is 13.0. The Balaban J connectivity index is 1.85. The van der Waals surface area contributed by atoms with Crippen molar-refractivity contribution >= 4 is 11.8 Å². The van der Waals surface area contributed by atoms with Crippen LogP contribution >= 0.6 is 0 Å². The van der Waals surface area contributed by atoms with Gasteiger partial charge in [0.1, 0.15) is 5.75 Å². The fourth-order valence-electron chi connectivity index (χ4n) is 5.29. The number of carbonyl (C=O) groups excluding carboxylic acids is 2. The molecule has 2 amide bonds. The lowest BCUT2D eigenvalue weighted by Crippen LogP contribution is -2.49. The van der Waals surface area contributed by atoms with E-state index in [4.69, 9.17) is 15.2 Å². The van der Waals surface area contributed by atoms with E-state index in [9.17, 15) is 19.8 Å². The number of methoxy groups -OCH3 is 1. The quantitative estimate of drug-likeness (QED) is 0.183. The molecular weight excluding hydrogens is 510 g/mol. The zero-order valence-corrected chi connectivity index (χ0v) is 25.2. The minimum absolute atomic E-state index is 0.0385. The van der Waals surface area contributed by atoms with Gasteiger partial charge in [-0.2, -0.15) is 0 Å². The van der Waals surface area contributed by atoms with Gasteiger partial charge >= 0.3 is 0 Å². The molecule has 228 valence electrons. The normalized spacial score (nSPS) is 20.0. The van der Waals surface area contributed by atoms with Crippen LogP contribution in [0.1, 0.15) is 83.0 Å². The monoisotopic (exact) mass is 563 g/mol. The van der Waals surface area contributed by atoms with Crippen LogP contribution in [0.25, 0.3) is 0 Å². The van der Waals surface area contributed by atoms with Gasteiger partial charge in [-0.3, -0.25) is 9.59 Å². The summed E-state index contributed by atoms with van der Waals surface area (Å²) >= 11 is 0. The zero-order valence-electron chi connectivity index (χ0n) is 25.2. The molecule has 0 radical (unpaired) electrons. The number of hydrogen-bond acceptors (Lipinski definition) is 7. The maximum atomic E-state index is 13.0. The van der Waals surface area contributed by atoms with Crippen LogP contribution in [0.5, 0.6) is 5.75 Å². The second-order valence-corrected chi connectivity index (χ2v) is 12.2. The van der Waals surface area contributed by atoms with Gasteiger partial charge in [-0.1, -0.05) is 39.8 Å². The highest BCUT2D eigenvalue weighted by atomic mass is 16.5. The number of carbonyl (C=O) groups is 2. The summed E-state index contributed by atoms with van der Waals surface area (Å²) in [5, 5.41) is 26.5. The average molecular weight is 564 g/mol. The van der Waals surface area contributed by atoms with Crippen molar-refractivity contribution in [2.45, 2.75) is 90.9 Å². The highest BCUT2D eigenvalue weighted by Crippen LogP contribution is 2.38. The van der Waals surface area contributed by atoms with E-state index in [1.807, 2.05) is 26.0 Å². The molecule has 0 spiro atoms. The Morgan fingerprint density at radius 1 is 1.05 bits per heavy atom. The highest BCUT2D eigenvalue weighted by Gasteiger charge is 2.38. The van der Waals surface area contributed by atoms with Crippen molar-refractivity contribution in [2.75, 3.05) is 33.4 Å². The van der Waals surface area contributed by atoms with Gasteiger partial charge in [0.25, 0.3) is 5.91 Å². The maximum Gasteiger partial charge on any atom is 0.255 e. The molecule has 0 bridgehead atoms. The lowest BCUT2D eigenvalue weighted by Gasteiger charge is -2.37. The summed E-state index contributed by atoms with van der Waals surface area (Å²) in [5.41, 5.74) is 6.27. The number of ether oxygens (including phenoxy) is 2. The Kier molecular flexibility index (Phi) is 14.4. The molecule has 3 atom stereocenters. The van der Waals surface area contributed by atoms with E-state index < -0.39 is 17.6 Å². The smallest absolute Gasteiger partial charge is 0.255 e. The molecule has 0 saturated heterocycles. The molecule has 0 heterocycles. The molecule has 9 heteroatoms. The number of unbranched alkanes of at least 4 members (excludes halogenated alkanes) is 1. The Labute approximate surface area is 240 Å². The second-order valence-electron chi connectivity index (χ2n) is 12.2. The molecule has 1 saturated carbocycles. The Morgan fingerprint density at radius 2 is 1.70 bits per heavy atom. The summed E-state index contributed by atoms with van der Waals surface area (Å²) in [4.78, 5) is 26.0. The Morgan fingerprint density at radius 3 is 2.35 bits per heavy atom.